The molecule has 0 unspecified atom stereocenters. The lowest BCUT2D eigenvalue weighted by atomic mass is 10.0. The summed E-state index contributed by atoms with van der Waals surface area (Å²) < 4.78 is 1.47. The maximum absolute atomic E-state index is 12.8. The van der Waals surface area contributed by atoms with E-state index >= 15 is 0 Å². The molecule has 0 aliphatic heterocycles. The first-order valence-corrected chi connectivity index (χ1v) is 8.25. The molecule has 0 fully saturated rings. The molecule has 140 valence electrons. The number of aromatic nitrogens is 1. The van der Waals surface area contributed by atoms with E-state index in [9.17, 15) is 9.59 Å². The zero-order valence-electron chi connectivity index (χ0n) is 14.5. The van der Waals surface area contributed by atoms with Crippen LogP contribution in [0.5, 0.6) is 0 Å². The van der Waals surface area contributed by atoms with Crippen molar-refractivity contribution in [3.8, 4) is 0 Å². The quantitative estimate of drug-likeness (QED) is 0.517. The predicted molar refractivity (Wildman–Crippen MR) is 111 cm³/mol. The lowest BCUT2D eigenvalue weighted by molar-refractivity contribution is 0.100. The molecule has 3 rings (SSSR count). The average molecular weight is 405 g/mol. The van der Waals surface area contributed by atoms with E-state index in [1.54, 1.807) is 24.3 Å². The van der Waals surface area contributed by atoms with Crippen LogP contribution >= 0.6 is 24.0 Å². The number of hydrogen-bond acceptors (Lipinski definition) is 2. The van der Waals surface area contributed by atoms with Gasteiger partial charge in [0.05, 0.1) is 12.1 Å². The highest BCUT2D eigenvalue weighted by molar-refractivity contribution is 6.30. The van der Waals surface area contributed by atoms with Gasteiger partial charge in [-0.15, -0.1) is 12.4 Å². The topological polar surface area (TPSA) is 103 Å². The van der Waals surface area contributed by atoms with Gasteiger partial charge >= 0.3 is 0 Å². The highest BCUT2D eigenvalue weighted by atomic mass is 35.5. The van der Waals surface area contributed by atoms with Crippen molar-refractivity contribution in [1.29, 1.82) is 0 Å². The van der Waals surface area contributed by atoms with E-state index in [4.69, 9.17) is 23.1 Å². The van der Waals surface area contributed by atoms with Gasteiger partial charge in [0, 0.05) is 22.0 Å². The molecule has 4 N–H and O–H groups in total. The zero-order chi connectivity index (χ0) is 18.8. The van der Waals surface area contributed by atoms with Crippen LogP contribution in [0.3, 0.4) is 0 Å². The van der Waals surface area contributed by atoms with Crippen LogP contribution in [0, 0.1) is 6.92 Å². The molecule has 0 atom stereocenters. The maximum Gasteiger partial charge on any atom is 0.282 e. The van der Waals surface area contributed by atoms with Crippen LogP contribution in [0.2, 0.25) is 5.02 Å². The zero-order valence-corrected chi connectivity index (χ0v) is 16.1. The number of carbonyl (C=O) groups excluding carboxylic acids is 1. The minimum atomic E-state index is -0.592. The molecule has 0 bridgehead atoms. The number of amides is 1. The van der Waals surface area contributed by atoms with Crippen molar-refractivity contribution in [2.45, 2.75) is 13.5 Å². The summed E-state index contributed by atoms with van der Waals surface area (Å²) in [4.78, 5) is 28.9. The predicted octanol–water partition coefficient (Wildman–Crippen LogP) is 2.85. The number of carbonyl (C=O) groups is 1. The van der Waals surface area contributed by atoms with Gasteiger partial charge in [-0.1, -0.05) is 41.4 Å². The molecule has 0 saturated carbocycles. The van der Waals surface area contributed by atoms with E-state index in [0.29, 0.717) is 22.3 Å². The van der Waals surface area contributed by atoms with E-state index in [0.717, 1.165) is 11.1 Å². The Hall–Kier alpha value is -2.83. The van der Waals surface area contributed by atoms with Gasteiger partial charge in [0.2, 0.25) is 0 Å². The summed E-state index contributed by atoms with van der Waals surface area (Å²) in [6.07, 6.45) is 1.49. The first-order valence-electron chi connectivity index (χ1n) is 7.87. The van der Waals surface area contributed by atoms with Gasteiger partial charge in [0.1, 0.15) is 0 Å². The minimum Gasteiger partial charge on any atom is -0.370 e. The Balaban J connectivity index is 0.00000261. The molecule has 0 spiro atoms. The largest absolute Gasteiger partial charge is 0.370 e. The van der Waals surface area contributed by atoms with Gasteiger partial charge in [0.25, 0.3) is 11.5 Å². The maximum atomic E-state index is 12.8. The number of halogens is 2. The Bertz CT molecular complexity index is 1090. The Morgan fingerprint density at radius 3 is 2.41 bits per heavy atom. The van der Waals surface area contributed by atoms with E-state index in [2.05, 4.69) is 4.99 Å². The number of aliphatic imine (C=N–C) groups is 1. The smallest absolute Gasteiger partial charge is 0.282 e. The van der Waals surface area contributed by atoms with E-state index in [1.807, 2.05) is 25.1 Å². The van der Waals surface area contributed by atoms with Crippen LogP contribution in [0.1, 0.15) is 21.5 Å². The van der Waals surface area contributed by atoms with Crippen LogP contribution in [0.25, 0.3) is 10.8 Å². The van der Waals surface area contributed by atoms with E-state index < -0.39 is 5.91 Å². The van der Waals surface area contributed by atoms with Gasteiger partial charge in [-0.05, 0) is 30.7 Å². The molecular weight excluding hydrogens is 387 g/mol. The second-order valence-electron chi connectivity index (χ2n) is 5.99. The SMILES string of the molecule is Cc1ccc2c(=O)n(Cc3ccc(Cl)cc3)cc(C(=O)N=C(N)N)c2c1.Cl. The van der Waals surface area contributed by atoms with Crippen LogP contribution in [0.4, 0.5) is 0 Å². The molecule has 0 aliphatic rings. The summed E-state index contributed by atoms with van der Waals surface area (Å²) in [5.41, 5.74) is 12.5. The van der Waals surface area contributed by atoms with Crippen LogP contribution in [-0.2, 0) is 6.54 Å². The summed E-state index contributed by atoms with van der Waals surface area (Å²) >= 11 is 5.90. The Kier molecular flexibility index (Phi) is 6.25. The van der Waals surface area contributed by atoms with Crippen LogP contribution < -0.4 is 17.0 Å². The molecule has 1 amide bonds. The average Bonchev–Trinajstić information content (AvgIpc) is 2.58. The highest BCUT2D eigenvalue weighted by Crippen LogP contribution is 2.19. The van der Waals surface area contributed by atoms with Crippen molar-refractivity contribution in [2.75, 3.05) is 0 Å². The fourth-order valence-corrected chi connectivity index (χ4v) is 2.88. The van der Waals surface area contributed by atoms with Gasteiger partial charge in [-0.2, -0.15) is 4.99 Å². The third-order valence-corrected chi connectivity index (χ3v) is 4.22. The number of nitrogens with zero attached hydrogens (tertiary/aromatic N) is 2. The number of nitrogens with two attached hydrogens (primary N) is 2. The minimum absolute atomic E-state index is 0. The van der Waals surface area contributed by atoms with Crippen LogP contribution in [-0.4, -0.2) is 16.4 Å². The van der Waals surface area contributed by atoms with Gasteiger partial charge in [0.15, 0.2) is 5.96 Å². The molecule has 27 heavy (non-hydrogen) atoms. The molecule has 1 aromatic heterocycles. The first-order chi connectivity index (χ1) is 12.3. The fraction of sp³-hybridized carbons (Fsp3) is 0.105. The lowest BCUT2D eigenvalue weighted by Gasteiger charge is -2.11. The van der Waals surface area contributed by atoms with Gasteiger partial charge < -0.3 is 16.0 Å². The summed E-state index contributed by atoms with van der Waals surface area (Å²) in [6, 6.07) is 12.5. The number of guanidine groups is 1. The number of pyridine rings is 1. The Morgan fingerprint density at radius 1 is 1.11 bits per heavy atom. The second-order valence-corrected chi connectivity index (χ2v) is 6.43. The Labute approximate surface area is 166 Å². The monoisotopic (exact) mass is 404 g/mol. The fourth-order valence-electron chi connectivity index (χ4n) is 2.76. The molecule has 0 aliphatic carbocycles. The van der Waals surface area contributed by atoms with Gasteiger partial charge in [-0.25, -0.2) is 0 Å². The molecule has 3 aromatic rings. The lowest BCUT2D eigenvalue weighted by Crippen LogP contribution is -2.26. The van der Waals surface area contributed by atoms with Crippen molar-refractivity contribution >= 4 is 46.6 Å². The molecular formula is C19H18Cl2N4O2. The summed E-state index contributed by atoms with van der Waals surface area (Å²) in [7, 11) is 0. The molecule has 0 radical (unpaired) electrons. The first kappa shape index (κ1) is 20.5. The molecule has 8 heteroatoms. The van der Waals surface area contributed by atoms with Crippen molar-refractivity contribution in [1.82, 2.24) is 4.57 Å². The summed E-state index contributed by atoms with van der Waals surface area (Å²) in [5, 5.41) is 1.57. The van der Waals surface area contributed by atoms with Crippen molar-refractivity contribution in [3.63, 3.8) is 0 Å². The Morgan fingerprint density at radius 2 is 1.78 bits per heavy atom. The molecule has 1 heterocycles. The van der Waals surface area contributed by atoms with Crippen LogP contribution in [0.15, 0.2) is 58.4 Å². The molecule has 6 nitrogen and oxygen atoms in total. The molecule has 2 aromatic carbocycles. The van der Waals surface area contributed by atoms with Crippen molar-refractivity contribution < 1.29 is 4.79 Å². The number of benzene rings is 2. The highest BCUT2D eigenvalue weighted by Gasteiger charge is 2.15. The molecule has 0 saturated heterocycles. The number of aryl methyl sites for hydroxylation is 1. The normalized spacial score (nSPS) is 10.3. The third-order valence-electron chi connectivity index (χ3n) is 3.97. The summed E-state index contributed by atoms with van der Waals surface area (Å²) in [5.74, 6) is -0.920. The number of fused-ring (bicyclic) bond motifs is 1. The van der Waals surface area contributed by atoms with Crippen molar-refractivity contribution in [3.05, 3.63) is 80.7 Å². The third kappa shape index (κ3) is 4.48. The van der Waals surface area contributed by atoms with E-state index in [1.165, 1.54) is 10.8 Å². The summed E-state index contributed by atoms with van der Waals surface area (Å²) in [6.45, 7) is 2.18. The standard InChI is InChI=1S/C19H17ClN4O2.ClH/c1-11-2-7-14-15(8-11)16(17(25)23-19(21)22)10-24(18(14)26)9-12-3-5-13(20)6-4-12;/h2-8,10H,9H2,1H3,(H4,21,22,23,25);1H. The number of rotatable bonds is 3. The van der Waals surface area contributed by atoms with Gasteiger partial charge in [-0.3, -0.25) is 9.59 Å². The van der Waals surface area contributed by atoms with E-state index in [-0.39, 0.29) is 29.5 Å². The van der Waals surface area contributed by atoms with Crippen molar-refractivity contribution in [2.24, 2.45) is 16.5 Å². The second kappa shape index (κ2) is 8.24. The number of hydrogen-bond donors (Lipinski definition) is 2.